The summed E-state index contributed by atoms with van der Waals surface area (Å²) in [5.41, 5.74) is -0.532. The summed E-state index contributed by atoms with van der Waals surface area (Å²) in [6.45, 7) is 5.79. The summed E-state index contributed by atoms with van der Waals surface area (Å²) < 4.78 is 5.09. The molecule has 0 bridgehead atoms. The first kappa shape index (κ1) is 14.5. The number of rotatable bonds is 4. The molecule has 1 heterocycles. The largest absolute Gasteiger partial charge is 0.460 e. The van der Waals surface area contributed by atoms with Gasteiger partial charge >= 0.3 is 5.97 Å². The predicted octanol–water partition coefficient (Wildman–Crippen LogP) is 0.113. The molecule has 18 heavy (non-hydrogen) atoms. The van der Waals surface area contributed by atoms with Gasteiger partial charge in [0.25, 0.3) is 0 Å². The Morgan fingerprint density at radius 1 is 1.39 bits per heavy atom. The van der Waals surface area contributed by atoms with E-state index in [2.05, 4.69) is 10.6 Å². The molecule has 2 N–H and O–H groups in total. The summed E-state index contributed by atoms with van der Waals surface area (Å²) in [7, 11) is 0. The molecular formula is C12H20N2O4. The molecule has 6 heteroatoms. The first-order valence-corrected chi connectivity index (χ1v) is 6.04. The van der Waals surface area contributed by atoms with Crippen molar-refractivity contribution in [3.8, 4) is 0 Å². The fourth-order valence-corrected chi connectivity index (χ4v) is 1.62. The van der Waals surface area contributed by atoms with Gasteiger partial charge in [0.05, 0.1) is 12.5 Å². The lowest BCUT2D eigenvalue weighted by Gasteiger charge is -2.19. The van der Waals surface area contributed by atoms with Crippen molar-refractivity contribution < 1.29 is 19.1 Å². The van der Waals surface area contributed by atoms with E-state index in [1.807, 2.05) is 0 Å². The van der Waals surface area contributed by atoms with E-state index in [4.69, 9.17) is 4.74 Å². The fourth-order valence-electron chi connectivity index (χ4n) is 1.62. The van der Waals surface area contributed by atoms with Crippen LogP contribution >= 0.6 is 0 Å². The Bertz CT molecular complexity index is 346. The number of hydrogen-bond donors (Lipinski definition) is 2. The van der Waals surface area contributed by atoms with Gasteiger partial charge in [-0.25, -0.2) is 0 Å². The average molecular weight is 256 g/mol. The smallest absolute Gasteiger partial charge is 0.306 e. The van der Waals surface area contributed by atoms with Crippen molar-refractivity contribution in [2.24, 2.45) is 0 Å². The van der Waals surface area contributed by atoms with Crippen LogP contribution in [0, 0.1) is 0 Å². The van der Waals surface area contributed by atoms with Crippen molar-refractivity contribution in [1.29, 1.82) is 0 Å². The first-order valence-electron chi connectivity index (χ1n) is 6.04. The van der Waals surface area contributed by atoms with E-state index in [1.165, 1.54) is 0 Å². The summed E-state index contributed by atoms with van der Waals surface area (Å²) in [5.74, 6) is -0.687. The van der Waals surface area contributed by atoms with E-state index >= 15 is 0 Å². The van der Waals surface area contributed by atoms with Crippen LogP contribution in [0.25, 0.3) is 0 Å². The molecule has 0 aromatic carbocycles. The summed E-state index contributed by atoms with van der Waals surface area (Å²) in [5, 5.41) is 5.32. The zero-order valence-electron chi connectivity index (χ0n) is 11.0. The lowest BCUT2D eigenvalue weighted by Crippen LogP contribution is -2.36. The Morgan fingerprint density at radius 2 is 2.06 bits per heavy atom. The second kappa shape index (κ2) is 5.84. The fraction of sp³-hybridized carbons (Fsp3) is 0.750. The third kappa shape index (κ3) is 5.65. The van der Waals surface area contributed by atoms with Gasteiger partial charge < -0.3 is 15.4 Å². The van der Waals surface area contributed by atoms with E-state index in [0.717, 1.165) is 0 Å². The van der Waals surface area contributed by atoms with Crippen LogP contribution in [0.15, 0.2) is 0 Å². The number of carbonyl (C=O) groups excluding carboxylic acids is 3. The third-order valence-corrected chi connectivity index (χ3v) is 2.32. The number of amides is 2. The standard InChI is InChI=1S/C12H20N2O4/c1-12(2,3)18-11(17)5-4-9(15)14-8-6-10(16)13-7-8/h8H,4-7H2,1-3H3,(H,13,16)(H,14,15). The molecule has 1 atom stereocenters. The minimum atomic E-state index is -0.532. The summed E-state index contributed by atoms with van der Waals surface area (Å²) in [6, 6.07) is -0.163. The number of carbonyl (C=O) groups is 3. The third-order valence-electron chi connectivity index (χ3n) is 2.32. The van der Waals surface area contributed by atoms with Gasteiger partial charge in [-0.15, -0.1) is 0 Å². The van der Waals surface area contributed by atoms with Gasteiger partial charge in [0, 0.05) is 19.4 Å². The zero-order valence-corrected chi connectivity index (χ0v) is 11.0. The van der Waals surface area contributed by atoms with Crippen LogP contribution < -0.4 is 10.6 Å². The van der Waals surface area contributed by atoms with E-state index in [-0.39, 0.29) is 30.7 Å². The second-order valence-corrected chi connectivity index (χ2v) is 5.36. The molecule has 1 fully saturated rings. The Kier molecular flexibility index (Phi) is 4.69. The maximum Gasteiger partial charge on any atom is 0.306 e. The van der Waals surface area contributed by atoms with Crippen molar-refractivity contribution >= 4 is 17.8 Å². The molecule has 0 aliphatic carbocycles. The summed E-state index contributed by atoms with van der Waals surface area (Å²) in [4.78, 5) is 33.8. The highest BCUT2D eigenvalue weighted by Crippen LogP contribution is 2.09. The van der Waals surface area contributed by atoms with Crippen LogP contribution in [-0.2, 0) is 19.1 Å². The van der Waals surface area contributed by atoms with Crippen molar-refractivity contribution in [2.45, 2.75) is 51.7 Å². The molecule has 0 radical (unpaired) electrons. The number of nitrogens with one attached hydrogen (secondary N) is 2. The highest BCUT2D eigenvalue weighted by atomic mass is 16.6. The van der Waals surface area contributed by atoms with Crippen LogP contribution in [-0.4, -0.2) is 36.0 Å². The number of esters is 1. The quantitative estimate of drug-likeness (QED) is 0.699. The molecule has 102 valence electrons. The number of hydrogen-bond acceptors (Lipinski definition) is 4. The van der Waals surface area contributed by atoms with Crippen molar-refractivity contribution in [2.75, 3.05) is 6.54 Å². The lowest BCUT2D eigenvalue weighted by atomic mass is 10.2. The lowest BCUT2D eigenvalue weighted by molar-refractivity contribution is -0.155. The Hall–Kier alpha value is -1.59. The molecule has 1 aliphatic rings. The highest BCUT2D eigenvalue weighted by Gasteiger charge is 2.23. The van der Waals surface area contributed by atoms with Crippen molar-refractivity contribution in [3.05, 3.63) is 0 Å². The molecule has 1 saturated heterocycles. The molecule has 0 aromatic heterocycles. The normalized spacial score (nSPS) is 19.3. The van der Waals surface area contributed by atoms with Crippen LogP contribution in [0.2, 0.25) is 0 Å². The molecule has 0 saturated carbocycles. The van der Waals surface area contributed by atoms with Crippen LogP contribution in [0.5, 0.6) is 0 Å². The van der Waals surface area contributed by atoms with Gasteiger partial charge in [0.15, 0.2) is 0 Å². The van der Waals surface area contributed by atoms with Gasteiger partial charge in [-0.05, 0) is 20.8 Å². The molecule has 6 nitrogen and oxygen atoms in total. The molecule has 2 amide bonds. The van der Waals surface area contributed by atoms with Crippen molar-refractivity contribution in [3.63, 3.8) is 0 Å². The first-order chi connectivity index (χ1) is 8.26. The minimum Gasteiger partial charge on any atom is -0.460 e. The molecule has 0 aromatic rings. The van der Waals surface area contributed by atoms with Crippen LogP contribution in [0.1, 0.15) is 40.0 Å². The molecule has 1 rings (SSSR count). The molecule has 1 unspecified atom stereocenters. The van der Waals surface area contributed by atoms with E-state index in [1.54, 1.807) is 20.8 Å². The minimum absolute atomic E-state index is 0.0528. The molecule has 1 aliphatic heterocycles. The monoisotopic (exact) mass is 256 g/mol. The highest BCUT2D eigenvalue weighted by molar-refractivity contribution is 5.84. The van der Waals surface area contributed by atoms with E-state index in [9.17, 15) is 14.4 Å². The Balaban J connectivity index is 2.21. The topological polar surface area (TPSA) is 84.5 Å². The van der Waals surface area contributed by atoms with Gasteiger partial charge in [-0.3, -0.25) is 14.4 Å². The van der Waals surface area contributed by atoms with Crippen molar-refractivity contribution in [1.82, 2.24) is 10.6 Å². The second-order valence-electron chi connectivity index (χ2n) is 5.36. The van der Waals surface area contributed by atoms with Crippen LogP contribution in [0.3, 0.4) is 0 Å². The van der Waals surface area contributed by atoms with Gasteiger partial charge in [-0.1, -0.05) is 0 Å². The van der Waals surface area contributed by atoms with Gasteiger partial charge in [0.1, 0.15) is 5.60 Å². The van der Waals surface area contributed by atoms with Gasteiger partial charge in [-0.2, -0.15) is 0 Å². The molecule has 0 spiro atoms. The Labute approximate surface area is 106 Å². The maximum atomic E-state index is 11.5. The van der Waals surface area contributed by atoms with E-state index < -0.39 is 11.6 Å². The Morgan fingerprint density at radius 3 is 2.56 bits per heavy atom. The number of ether oxygens (including phenoxy) is 1. The molecular weight excluding hydrogens is 236 g/mol. The van der Waals surface area contributed by atoms with E-state index in [0.29, 0.717) is 13.0 Å². The van der Waals surface area contributed by atoms with Crippen LogP contribution in [0.4, 0.5) is 0 Å². The summed E-state index contributed by atoms with van der Waals surface area (Å²) >= 11 is 0. The predicted molar refractivity (Wildman–Crippen MR) is 64.6 cm³/mol. The zero-order chi connectivity index (χ0) is 13.8. The summed E-state index contributed by atoms with van der Waals surface area (Å²) in [6.07, 6.45) is 0.439. The van der Waals surface area contributed by atoms with Gasteiger partial charge in [0.2, 0.25) is 11.8 Å². The average Bonchev–Trinajstić information content (AvgIpc) is 2.58. The maximum absolute atomic E-state index is 11.5. The SMILES string of the molecule is CC(C)(C)OC(=O)CCC(=O)NC1CNC(=O)C1.